The van der Waals surface area contributed by atoms with E-state index in [1.54, 1.807) is 62.3 Å². The van der Waals surface area contributed by atoms with Gasteiger partial charge in [0.25, 0.3) is 0 Å². The maximum atomic E-state index is 12.4. The number of methoxy groups -OCH3 is 1. The predicted octanol–water partition coefficient (Wildman–Crippen LogP) is 9.60. The summed E-state index contributed by atoms with van der Waals surface area (Å²) in [6, 6.07) is 34.7. The zero-order chi connectivity index (χ0) is 78.2. The van der Waals surface area contributed by atoms with Gasteiger partial charge in [-0.05, 0) is 117 Å². The van der Waals surface area contributed by atoms with Gasteiger partial charge in [0.15, 0.2) is 12.1 Å². The highest BCUT2D eigenvalue weighted by Gasteiger charge is 2.42. The molecule has 4 aromatic carbocycles. The van der Waals surface area contributed by atoms with E-state index < -0.39 is 107 Å². The molecule has 5 aliphatic rings. The number of piperazine rings is 3. The molecule has 5 atom stereocenters. The molecule has 5 heterocycles. The number of carboxylic acids is 3. The van der Waals surface area contributed by atoms with E-state index in [1.807, 2.05) is 121 Å². The molecule has 0 aromatic heterocycles. The number of carbonyl (C=O) groups excluding carboxylic acids is 8. The number of amides is 7. The summed E-state index contributed by atoms with van der Waals surface area (Å²) in [5.41, 5.74) is 1.49. The van der Waals surface area contributed by atoms with Crippen molar-refractivity contribution in [3.8, 4) is 0 Å². The number of nitrogens with one attached hydrogen (secondary N) is 1. The summed E-state index contributed by atoms with van der Waals surface area (Å²) >= 11 is 0. The summed E-state index contributed by atoms with van der Waals surface area (Å²) in [7, 11) is 1.24. The Bertz CT molecular complexity index is 3470. The lowest BCUT2D eigenvalue weighted by molar-refractivity contribution is -0.149. The summed E-state index contributed by atoms with van der Waals surface area (Å²) in [4.78, 5) is 140. The minimum Gasteiger partial charge on any atom is -0.481 e. The van der Waals surface area contributed by atoms with Gasteiger partial charge in [0, 0.05) is 65.4 Å². The SMILES string of the molecule is CC(C)(C)OC(=O)N1CCN(C(=O)OCc2ccccc2)C[C@H]1C(=O)O.CC(C)(C)OC(=O)N1CCN(C(=O)OCc2ccccc2)C[C@H]1CO.COC(=O)[C@@H]1CN(C(=O)OCc2ccccc2)CCN1C(=O)OC(C)(C)C.Cl.O=C(O)[C@H]1CCCN(C(=O)OCc2ccccc2)C1.O=C(O)[C@H]1CCCNC1. The summed E-state index contributed by atoms with van der Waals surface area (Å²) in [6.07, 6.45) is -0.683. The zero-order valence-electron chi connectivity index (χ0n) is 62.6. The van der Waals surface area contributed by atoms with Gasteiger partial charge in [-0.2, -0.15) is 0 Å². The van der Waals surface area contributed by atoms with Gasteiger partial charge in [0.1, 0.15) is 43.2 Å². The van der Waals surface area contributed by atoms with Crippen LogP contribution in [0.1, 0.15) is 110 Å². The average molecular weight is 1520 g/mol. The molecule has 9 rings (SSSR count). The topological polar surface area (TPSA) is 377 Å². The molecular formula is C75H105ClN8O23. The Morgan fingerprint density at radius 3 is 1.05 bits per heavy atom. The van der Waals surface area contributed by atoms with Crippen LogP contribution in [0.5, 0.6) is 0 Å². The Kier molecular flexibility index (Phi) is 36.8. The molecule has 32 heteroatoms. The molecule has 7 amide bonds. The number of piperidine rings is 2. The van der Waals surface area contributed by atoms with Gasteiger partial charge in [-0.3, -0.25) is 24.3 Å². The third-order valence-electron chi connectivity index (χ3n) is 16.4. The summed E-state index contributed by atoms with van der Waals surface area (Å²) in [6.45, 7) is 19.8. The second-order valence-corrected chi connectivity index (χ2v) is 28.3. The number of benzene rings is 4. The molecule has 5 aliphatic heterocycles. The standard InChI is InChI=1S/C19H26N2O6.C18H24N2O6.C18H26N2O5.C14H17NO4.C6H11NO2.ClH/c1-19(2,3)27-18(24)21-11-10-20(12-15(21)16(22)25-4)17(23)26-13-14-8-6-5-7-9-14;1-18(2,3)26-17(24)20-10-9-19(11-14(20)15(21)22)16(23)25-12-13-7-5-4-6-8-13;1-18(2,3)25-17(23)20-10-9-19(11-15(20)12-21)16(22)24-13-14-7-5-4-6-8-14;16-13(17)12-7-4-8-15(9-12)14(18)19-10-11-5-2-1-3-6-11;8-6(9)5-2-1-3-7-4-5;/h5-9,15H,10-13H2,1-4H3;4-8,14H,9-12H2,1-3H3,(H,21,22);4-8,15,21H,9-13H2,1-3H3;1-3,5-6,12H,4,7-10H2,(H,16,17);5,7H,1-4H2,(H,8,9);1H/t15-;14-;15-;12-;5-;/m00000./s1. The van der Waals surface area contributed by atoms with Crippen LogP contribution in [-0.2, 0) is 83.5 Å². The molecular weight excluding hydrogens is 1420 g/mol. The van der Waals surface area contributed by atoms with Gasteiger partial charge in [-0.15, -0.1) is 12.4 Å². The lowest BCUT2D eigenvalue weighted by atomic mass is 9.99. The van der Waals surface area contributed by atoms with Crippen molar-refractivity contribution in [2.24, 2.45) is 11.8 Å². The first-order valence-electron chi connectivity index (χ1n) is 35.0. The van der Waals surface area contributed by atoms with Crippen LogP contribution in [0.25, 0.3) is 0 Å². The van der Waals surface area contributed by atoms with E-state index in [0.29, 0.717) is 39.0 Å². The largest absolute Gasteiger partial charge is 0.481 e. The van der Waals surface area contributed by atoms with Crippen LogP contribution in [0.4, 0.5) is 33.6 Å². The number of likely N-dealkylation sites (tertiary alicyclic amines) is 1. The number of ether oxygens (including phenoxy) is 8. The highest BCUT2D eigenvalue weighted by Crippen LogP contribution is 2.23. The van der Waals surface area contributed by atoms with Gasteiger partial charge in [0.2, 0.25) is 0 Å². The van der Waals surface area contributed by atoms with E-state index in [9.17, 15) is 63.0 Å². The number of aliphatic carboxylic acids is 3. The van der Waals surface area contributed by atoms with Crippen LogP contribution in [-0.4, -0.2) is 255 Å². The van der Waals surface area contributed by atoms with E-state index in [-0.39, 0.29) is 104 Å². The van der Waals surface area contributed by atoms with Gasteiger partial charge in [-0.25, -0.2) is 43.2 Å². The molecule has 5 N–H and O–H groups in total. The molecule has 5 fully saturated rings. The fraction of sp³-hybridized carbons (Fsp3) is 0.533. The van der Waals surface area contributed by atoms with Crippen molar-refractivity contribution in [3.05, 3.63) is 144 Å². The summed E-state index contributed by atoms with van der Waals surface area (Å²) in [5.74, 6) is -3.93. The van der Waals surface area contributed by atoms with E-state index in [2.05, 4.69) is 5.32 Å². The Labute approximate surface area is 630 Å². The van der Waals surface area contributed by atoms with Gasteiger partial charge < -0.3 is 83.2 Å². The molecule has 0 unspecified atom stereocenters. The number of rotatable bonds is 13. The molecule has 0 radical (unpaired) electrons. The minimum absolute atomic E-state index is 0. The lowest BCUT2D eigenvalue weighted by Gasteiger charge is -2.40. The Morgan fingerprint density at radius 2 is 0.729 bits per heavy atom. The smallest absolute Gasteiger partial charge is 0.411 e. The fourth-order valence-corrected chi connectivity index (χ4v) is 10.9. The number of hydrogen-bond acceptors (Lipinski definition) is 21. The van der Waals surface area contributed by atoms with Crippen LogP contribution in [0.2, 0.25) is 0 Å². The number of nitrogens with zero attached hydrogens (tertiary/aromatic N) is 7. The van der Waals surface area contributed by atoms with Crippen molar-refractivity contribution in [3.63, 3.8) is 0 Å². The molecule has 0 bridgehead atoms. The van der Waals surface area contributed by atoms with Crippen molar-refractivity contribution < 1.29 is 111 Å². The molecule has 31 nitrogen and oxygen atoms in total. The highest BCUT2D eigenvalue weighted by molar-refractivity contribution is 5.85. The van der Waals surface area contributed by atoms with E-state index in [4.69, 9.17) is 48.1 Å². The number of esters is 1. The Hall–Kier alpha value is -10.1. The number of hydrogen-bond donors (Lipinski definition) is 5. The number of halogens is 1. The predicted molar refractivity (Wildman–Crippen MR) is 391 cm³/mol. The third kappa shape index (κ3) is 32.2. The van der Waals surface area contributed by atoms with Crippen molar-refractivity contribution >= 4 is 78.9 Å². The summed E-state index contributed by atoms with van der Waals surface area (Å²) in [5, 5.41) is 39.5. The average Bonchev–Trinajstić information content (AvgIpc) is 0.825. The second kappa shape index (κ2) is 44.1. The molecule has 107 heavy (non-hydrogen) atoms. The van der Waals surface area contributed by atoms with Gasteiger partial charge in [0.05, 0.1) is 44.7 Å². The Balaban J connectivity index is 0.000000290. The van der Waals surface area contributed by atoms with Crippen LogP contribution >= 0.6 is 12.4 Å². The van der Waals surface area contributed by atoms with Crippen LogP contribution < -0.4 is 5.32 Å². The maximum absolute atomic E-state index is 12.4. The third-order valence-corrected chi connectivity index (χ3v) is 16.4. The van der Waals surface area contributed by atoms with E-state index in [0.717, 1.165) is 46.5 Å². The quantitative estimate of drug-likeness (QED) is 0.0614. The van der Waals surface area contributed by atoms with Crippen LogP contribution in [0, 0.1) is 11.8 Å². The van der Waals surface area contributed by atoms with Crippen molar-refractivity contribution in [1.82, 2.24) is 39.6 Å². The molecule has 0 spiro atoms. The molecule has 0 saturated carbocycles. The Morgan fingerprint density at radius 1 is 0.402 bits per heavy atom. The molecule has 0 aliphatic carbocycles. The normalized spacial score (nSPS) is 18.5. The number of aliphatic hydroxyl groups is 1. The van der Waals surface area contributed by atoms with Crippen molar-refractivity contribution in [2.75, 3.05) is 98.8 Å². The first kappa shape index (κ1) is 89.3. The minimum atomic E-state index is -1.20. The first-order chi connectivity index (χ1) is 50.1. The van der Waals surface area contributed by atoms with Crippen molar-refractivity contribution in [1.29, 1.82) is 0 Å². The molecule has 4 aromatic rings. The van der Waals surface area contributed by atoms with Crippen LogP contribution in [0.15, 0.2) is 121 Å². The molecule has 5 saturated heterocycles. The zero-order valence-corrected chi connectivity index (χ0v) is 63.4. The maximum Gasteiger partial charge on any atom is 0.411 e. The monoisotopic (exact) mass is 1520 g/mol. The second-order valence-electron chi connectivity index (χ2n) is 28.3. The van der Waals surface area contributed by atoms with Crippen LogP contribution in [0.3, 0.4) is 0 Å². The van der Waals surface area contributed by atoms with Gasteiger partial charge >= 0.3 is 66.5 Å². The van der Waals surface area contributed by atoms with Gasteiger partial charge in [-0.1, -0.05) is 121 Å². The lowest BCUT2D eigenvalue weighted by Crippen LogP contribution is -2.60. The van der Waals surface area contributed by atoms with E-state index in [1.165, 1.54) is 36.5 Å². The van der Waals surface area contributed by atoms with E-state index >= 15 is 0 Å². The fourth-order valence-electron chi connectivity index (χ4n) is 10.9. The number of carbonyl (C=O) groups is 11. The first-order valence-corrected chi connectivity index (χ1v) is 35.0. The number of carboxylic acid groups (broad SMARTS) is 3. The number of aliphatic hydroxyl groups excluding tert-OH is 1. The van der Waals surface area contributed by atoms with Crippen molar-refractivity contribution in [2.45, 2.75) is 149 Å². The molecule has 590 valence electrons. The highest BCUT2D eigenvalue weighted by atomic mass is 35.5. The summed E-state index contributed by atoms with van der Waals surface area (Å²) < 4.78 is 41.8.